The molecule has 6 aromatic carbocycles. The molecule has 12 rings (SSSR count). The number of carbonyl (C=O) groups excluding carboxylic acids is 5. The number of benzene rings is 6. The van der Waals surface area contributed by atoms with Crippen LogP contribution in [0.25, 0.3) is 43.6 Å². The smallest absolute Gasteiger partial charge is 1.00 e. The molecular formula is C76H67Cl4KN8O15+2. The number of amides is 4. The number of halogens is 4. The molecule has 4 heterocycles. The van der Waals surface area contributed by atoms with Gasteiger partial charge in [-0.05, 0) is 93.6 Å². The van der Waals surface area contributed by atoms with E-state index < -0.39 is 81.1 Å². The number of hydrogen-bond donors (Lipinski definition) is 7. The van der Waals surface area contributed by atoms with Crippen LogP contribution in [0.15, 0.2) is 213 Å². The minimum Gasteiger partial charge on any atom is -1.00 e. The number of aromatic hydroxyl groups is 4. The van der Waals surface area contributed by atoms with Gasteiger partial charge in [0.2, 0.25) is 0 Å². The van der Waals surface area contributed by atoms with E-state index in [1.807, 2.05) is 6.07 Å². The van der Waals surface area contributed by atoms with Gasteiger partial charge < -0.3 is 59.8 Å². The predicted molar refractivity (Wildman–Crippen MR) is 402 cm³/mol. The van der Waals surface area contributed by atoms with Crippen LogP contribution >= 0.6 is 46.4 Å². The summed E-state index contributed by atoms with van der Waals surface area (Å²) in [6, 6.07) is 36.7. The van der Waals surface area contributed by atoms with Crippen molar-refractivity contribution in [1.82, 2.24) is 28.9 Å². The minimum absolute atomic E-state index is 0. The first-order chi connectivity index (χ1) is 49.8. The Balaban J connectivity index is 0.000000247. The van der Waals surface area contributed by atoms with E-state index in [-0.39, 0.29) is 117 Å². The summed E-state index contributed by atoms with van der Waals surface area (Å²) in [6.07, 6.45) is 19.6. The van der Waals surface area contributed by atoms with Crippen molar-refractivity contribution in [3.63, 3.8) is 0 Å². The van der Waals surface area contributed by atoms with Crippen molar-refractivity contribution < 1.29 is 110 Å². The molecule has 28 heteroatoms. The summed E-state index contributed by atoms with van der Waals surface area (Å²) in [4.78, 5) is 122. The molecule has 0 aliphatic heterocycles. The van der Waals surface area contributed by atoms with Crippen LogP contribution in [0.4, 0.5) is 11.4 Å². The number of rotatable bonds is 10. The van der Waals surface area contributed by atoms with Crippen LogP contribution in [-0.2, 0) is 37.8 Å². The predicted octanol–water partition coefficient (Wildman–Crippen LogP) is 9.42. The summed E-state index contributed by atoms with van der Waals surface area (Å²) in [6.45, 7) is 3.77. The molecule has 0 saturated carbocycles. The van der Waals surface area contributed by atoms with Crippen LogP contribution < -0.4 is 94.1 Å². The van der Waals surface area contributed by atoms with E-state index in [0.29, 0.717) is 51.1 Å². The van der Waals surface area contributed by atoms with E-state index in [4.69, 9.17) is 63.8 Å². The Hall–Kier alpha value is -10.6. The average Bonchev–Trinajstić information content (AvgIpc) is 0.774. The minimum atomic E-state index is -2.12. The Labute approximate surface area is 661 Å². The molecule has 4 amide bonds. The fraction of sp³-hybridized carbons (Fsp3) is 0.132. The Morgan fingerprint density at radius 2 is 0.760 bits per heavy atom. The van der Waals surface area contributed by atoms with Crippen molar-refractivity contribution in [2.75, 3.05) is 22.8 Å². The van der Waals surface area contributed by atoms with Gasteiger partial charge in [0.15, 0.2) is 11.4 Å². The molecule has 2 aliphatic rings. The number of carboxylic acid groups (broad SMARTS) is 1. The van der Waals surface area contributed by atoms with Crippen LogP contribution in [0.3, 0.4) is 0 Å². The van der Waals surface area contributed by atoms with Gasteiger partial charge in [-0.25, -0.2) is 0 Å². The fourth-order valence-corrected chi connectivity index (χ4v) is 11.5. The van der Waals surface area contributed by atoms with Gasteiger partial charge in [-0.1, -0.05) is 107 Å². The van der Waals surface area contributed by atoms with Crippen LogP contribution in [-0.4, -0.2) is 92.7 Å². The first kappa shape index (κ1) is 79.1. The van der Waals surface area contributed by atoms with Crippen LogP contribution in [0, 0.1) is 12.2 Å². The SMILES string of the molecule is CC(=O)O.CC=O.CCN(C(=O)c1c(O)c2c(Cl)cccc2n(C)c1=O)c1ccccc1.Cn1c(=O)c(C(=O)NC2=CC=C[C+]=C2)c(O)c2c(Cl)cccc21.Cn1c(=O)c(C(=O)NC2=CC=C[C+]=C2)c(O)c2c(Cl)cccc21.[2H]C([2H])(C)N(C(=O)c1c(O)c2c(Cl)cccc2n(C)c1=O)c1ccccc1.[H-].[K+]. The van der Waals surface area contributed by atoms with Gasteiger partial charge in [0.25, 0.3) is 51.8 Å². The molecule has 4 aromatic heterocycles. The summed E-state index contributed by atoms with van der Waals surface area (Å²) in [7, 11) is 6.06. The first-order valence-corrected chi connectivity index (χ1v) is 32.2. The monoisotopic (exact) mass is 1510 g/mol. The molecule has 2 aliphatic carbocycles. The van der Waals surface area contributed by atoms with Crippen molar-refractivity contribution in [1.29, 1.82) is 0 Å². The van der Waals surface area contributed by atoms with Gasteiger partial charge in [0.05, 0.1) is 75.9 Å². The van der Waals surface area contributed by atoms with Crippen LogP contribution in [0.2, 0.25) is 20.1 Å². The number of aromatic nitrogens is 4. The Morgan fingerprint density at radius 1 is 0.490 bits per heavy atom. The number of aldehydes is 1. The quantitative estimate of drug-likeness (QED) is 0.0381. The van der Waals surface area contributed by atoms with Gasteiger partial charge in [-0.3, -0.25) is 53.8 Å². The number of para-hydroxylation sites is 2. The third kappa shape index (κ3) is 18.4. The molecule has 104 heavy (non-hydrogen) atoms. The van der Waals surface area contributed by atoms with Crippen molar-refractivity contribution in [2.45, 2.75) is 27.7 Å². The molecule has 0 unspecified atom stereocenters. The molecule has 23 nitrogen and oxygen atoms in total. The van der Waals surface area contributed by atoms with E-state index in [0.717, 1.165) is 18.1 Å². The number of hydrogen-bond acceptors (Lipinski definition) is 14. The maximum atomic E-state index is 13.2. The normalized spacial score (nSPS) is 11.7. The van der Waals surface area contributed by atoms with E-state index in [9.17, 15) is 58.8 Å². The zero-order valence-corrected chi connectivity index (χ0v) is 63.3. The average molecular weight is 1520 g/mol. The fourth-order valence-electron chi connectivity index (χ4n) is 10.5. The van der Waals surface area contributed by atoms with Crippen molar-refractivity contribution >= 4 is 137 Å². The zero-order chi connectivity index (χ0) is 77.5. The second-order valence-corrected chi connectivity index (χ2v) is 23.3. The van der Waals surface area contributed by atoms with Gasteiger partial charge in [-0.15, -0.1) is 0 Å². The maximum Gasteiger partial charge on any atom is 1.00 e. The van der Waals surface area contributed by atoms with Gasteiger partial charge in [-0.2, -0.15) is 0 Å². The summed E-state index contributed by atoms with van der Waals surface area (Å²) in [5, 5.41) is 56.7. The molecule has 0 fully saturated rings. The molecule has 0 atom stereocenters. The molecule has 0 radical (unpaired) electrons. The Morgan fingerprint density at radius 3 is 1.03 bits per heavy atom. The van der Waals surface area contributed by atoms with E-state index in [1.165, 1.54) is 64.2 Å². The zero-order valence-electron chi connectivity index (χ0n) is 60.1. The Bertz CT molecular complexity index is 5400. The van der Waals surface area contributed by atoms with Gasteiger partial charge in [0.1, 0.15) is 75.8 Å². The van der Waals surface area contributed by atoms with E-state index in [2.05, 4.69) is 22.8 Å². The van der Waals surface area contributed by atoms with Crippen molar-refractivity contribution in [3.8, 4) is 23.0 Å². The maximum absolute atomic E-state index is 13.2. The molecule has 0 saturated heterocycles. The number of pyridine rings is 4. The third-order valence-electron chi connectivity index (χ3n) is 15.3. The molecular weight excluding hydrogens is 1450 g/mol. The summed E-state index contributed by atoms with van der Waals surface area (Å²) in [5.41, 5.74) is -0.442. The number of carbonyl (C=O) groups is 6. The molecule has 528 valence electrons. The molecule has 10 aromatic rings. The topological polar surface area (TPSA) is 322 Å². The number of aliphatic carboxylic acids is 1. The number of anilines is 2. The number of carboxylic acids is 1. The second kappa shape index (κ2) is 37.6. The Kier molecular flexibility index (Phi) is 28.6. The van der Waals surface area contributed by atoms with E-state index in [1.54, 1.807) is 184 Å². The summed E-state index contributed by atoms with van der Waals surface area (Å²) >= 11 is 24.6. The number of nitrogens with one attached hydrogen (secondary N) is 2. The number of nitrogens with zero attached hydrogens (tertiary/aromatic N) is 6. The second-order valence-electron chi connectivity index (χ2n) is 21.7. The van der Waals surface area contributed by atoms with Crippen molar-refractivity contribution in [2.24, 2.45) is 28.2 Å². The van der Waals surface area contributed by atoms with Crippen LogP contribution in [0.5, 0.6) is 23.0 Å². The number of allylic oxidation sites excluding steroid dienone is 10. The molecule has 7 N–H and O–H groups in total. The van der Waals surface area contributed by atoms with Gasteiger partial charge >= 0.3 is 51.4 Å². The first-order valence-electron chi connectivity index (χ1n) is 31.7. The standard InChI is InChI=1S/2C19H17ClN2O3.2C17H11ClN2O3.C2H4O2.C2H4O.K.H/c2*1-3-22(12-8-5-4-6-9-12)19(25)16-17(23)15-13(20)10-7-11-14(15)21(2)18(16)24;2*1-20-12-9-5-8-11(18)13(12)15(21)14(17(20)23)16(22)19-10-6-3-2-4-7-10;1-2(3)4;1-2-3;;/h2*4-11,23H,3H2,1-2H3;2*2-3,5-9H,1H3,(H-,19,21,22,23);1H3,(H,3,4);2H,1H3;;/q;;;;;;+1;-1/p+2/i3D2;;;;;;;. The number of aryl methyl sites for hydroxylation is 4. The molecule has 0 bridgehead atoms. The van der Waals surface area contributed by atoms with Crippen molar-refractivity contribution in [3.05, 3.63) is 289 Å². The summed E-state index contributed by atoms with van der Waals surface area (Å²) in [5.74, 6) is -5.55. The van der Waals surface area contributed by atoms with Crippen LogP contribution in [0.1, 0.15) is 73.3 Å². The third-order valence-corrected chi connectivity index (χ3v) is 16.5. The van der Waals surface area contributed by atoms with E-state index >= 15 is 0 Å². The summed E-state index contributed by atoms with van der Waals surface area (Å²) < 4.78 is 21.2. The number of fused-ring (bicyclic) bond motifs is 4. The molecule has 0 spiro atoms. The largest absolute Gasteiger partial charge is 1.00 e. The van der Waals surface area contributed by atoms with Gasteiger partial charge in [0, 0.05) is 86.6 Å².